The number of amides is 1. The van der Waals surface area contributed by atoms with Crippen molar-refractivity contribution in [3.63, 3.8) is 0 Å². The highest BCUT2D eigenvalue weighted by Gasteiger charge is 2.21. The number of benzene rings is 2. The molecule has 1 fully saturated rings. The number of carbonyl (C=O) groups is 1. The van der Waals surface area contributed by atoms with Crippen molar-refractivity contribution in [2.75, 3.05) is 37.6 Å². The summed E-state index contributed by atoms with van der Waals surface area (Å²) in [6.07, 6.45) is 0.137. The summed E-state index contributed by atoms with van der Waals surface area (Å²) in [5.41, 5.74) is 1.15. The smallest absolute Gasteiger partial charge is 0.240 e. The molecule has 2 aromatic carbocycles. The zero-order chi connectivity index (χ0) is 19.3. The molecule has 0 aromatic heterocycles. The Labute approximate surface area is 164 Å². The van der Waals surface area contributed by atoms with Gasteiger partial charge in [0.25, 0.3) is 0 Å². The first-order chi connectivity index (χ1) is 13.0. The van der Waals surface area contributed by atoms with Crippen LogP contribution in [0, 0.1) is 0 Å². The molecule has 2 aromatic rings. The number of rotatable bonds is 6. The van der Waals surface area contributed by atoms with Gasteiger partial charge in [-0.25, -0.2) is 13.1 Å². The van der Waals surface area contributed by atoms with Gasteiger partial charge in [-0.1, -0.05) is 29.8 Å². The number of nitrogens with zero attached hydrogens (tertiary/aromatic N) is 2. The van der Waals surface area contributed by atoms with Crippen LogP contribution in [-0.4, -0.2) is 51.9 Å². The summed E-state index contributed by atoms with van der Waals surface area (Å²) < 4.78 is 26.9. The Morgan fingerprint density at radius 1 is 0.963 bits per heavy atom. The lowest BCUT2D eigenvalue weighted by Gasteiger charge is -2.36. The van der Waals surface area contributed by atoms with Crippen LogP contribution in [0.15, 0.2) is 59.5 Å². The first-order valence-electron chi connectivity index (χ1n) is 8.79. The second-order valence-electron chi connectivity index (χ2n) is 6.31. The predicted octanol–water partition coefficient (Wildman–Crippen LogP) is 2.36. The molecule has 1 heterocycles. The largest absolute Gasteiger partial charge is 0.368 e. The van der Waals surface area contributed by atoms with Gasteiger partial charge >= 0.3 is 0 Å². The number of carbonyl (C=O) groups excluding carboxylic acids is 1. The summed E-state index contributed by atoms with van der Waals surface area (Å²) in [7, 11) is -3.64. The van der Waals surface area contributed by atoms with E-state index in [1.807, 2.05) is 18.2 Å². The molecule has 3 rings (SSSR count). The van der Waals surface area contributed by atoms with E-state index < -0.39 is 10.0 Å². The number of para-hydroxylation sites is 1. The molecule has 1 saturated heterocycles. The van der Waals surface area contributed by atoms with Gasteiger partial charge in [-0.2, -0.15) is 0 Å². The molecule has 1 amide bonds. The number of anilines is 1. The maximum atomic E-state index is 12.4. The van der Waals surface area contributed by atoms with Crippen molar-refractivity contribution >= 4 is 33.2 Å². The lowest BCUT2D eigenvalue weighted by molar-refractivity contribution is -0.131. The molecule has 0 unspecified atom stereocenters. The second-order valence-corrected chi connectivity index (χ2v) is 8.51. The minimum Gasteiger partial charge on any atom is -0.368 e. The molecule has 144 valence electrons. The first kappa shape index (κ1) is 19.7. The molecule has 27 heavy (non-hydrogen) atoms. The highest BCUT2D eigenvalue weighted by Crippen LogP contribution is 2.16. The summed E-state index contributed by atoms with van der Waals surface area (Å²) in [5, 5.41) is 0.471. The number of halogens is 1. The first-order valence-corrected chi connectivity index (χ1v) is 10.6. The fraction of sp³-hybridized carbons (Fsp3) is 0.316. The van der Waals surface area contributed by atoms with E-state index in [9.17, 15) is 13.2 Å². The lowest BCUT2D eigenvalue weighted by atomic mass is 10.2. The fourth-order valence-corrected chi connectivity index (χ4v) is 4.16. The summed E-state index contributed by atoms with van der Waals surface area (Å²) in [5.74, 6) is -0.0403. The minimum atomic E-state index is -3.64. The van der Waals surface area contributed by atoms with Crippen LogP contribution < -0.4 is 9.62 Å². The number of hydrogen-bond donors (Lipinski definition) is 1. The van der Waals surface area contributed by atoms with Crippen molar-refractivity contribution < 1.29 is 13.2 Å². The molecule has 0 atom stereocenters. The van der Waals surface area contributed by atoms with E-state index in [-0.39, 0.29) is 23.8 Å². The average molecular weight is 408 g/mol. The molecule has 1 aliphatic heterocycles. The van der Waals surface area contributed by atoms with E-state index in [4.69, 9.17) is 11.6 Å². The van der Waals surface area contributed by atoms with Crippen molar-refractivity contribution in [2.45, 2.75) is 11.3 Å². The molecular weight excluding hydrogens is 386 g/mol. The number of piperazine rings is 1. The monoisotopic (exact) mass is 407 g/mol. The third kappa shape index (κ3) is 5.22. The molecule has 8 heteroatoms. The van der Waals surface area contributed by atoms with Crippen LogP contribution in [0.2, 0.25) is 5.02 Å². The molecule has 0 radical (unpaired) electrons. The molecule has 0 saturated carbocycles. The summed E-state index contributed by atoms with van der Waals surface area (Å²) in [4.78, 5) is 16.5. The van der Waals surface area contributed by atoms with E-state index in [0.717, 1.165) is 18.8 Å². The third-order valence-electron chi connectivity index (χ3n) is 4.51. The van der Waals surface area contributed by atoms with Crippen molar-refractivity contribution in [1.82, 2.24) is 9.62 Å². The number of sulfonamides is 1. The van der Waals surface area contributed by atoms with E-state index in [1.54, 1.807) is 4.90 Å². The molecule has 1 aliphatic rings. The average Bonchev–Trinajstić information content (AvgIpc) is 2.69. The maximum absolute atomic E-state index is 12.4. The van der Waals surface area contributed by atoms with Crippen LogP contribution in [0.4, 0.5) is 5.69 Å². The quantitative estimate of drug-likeness (QED) is 0.798. The van der Waals surface area contributed by atoms with Crippen LogP contribution in [0.1, 0.15) is 6.42 Å². The van der Waals surface area contributed by atoms with Crippen molar-refractivity contribution in [3.05, 3.63) is 59.6 Å². The van der Waals surface area contributed by atoms with Gasteiger partial charge in [0.15, 0.2) is 0 Å². The Morgan fingerprint density at radius 2 is 1.59 bits per heavy atom. The zero-order valence-corrected chi connectivity index (χ0v) is 16.4. The summed E-state index contributed by atoms with van der Waals surface area (Å²) in [6.45, 7) is 2.89. The van der Waals surface area contributed by atoms with Gasteiger partial charge in [0.1, 0.15) is 0 Å². The summed E-state index contributed by atoms with van der Waals surface area (Å²) in [6, 6.07) is 16.0. The minimum absolute atomic E-state index is 0.0403. The van der Waals surface area contributed by atoms with Gasteiger partial charge in [-0.15, -0.1) is 0 Å². The van der Waals surface area contributed by atoms with Gasteiger partial charge in [0.2, 0.25) is 15.9 Å². The Morgan fingerprint density at radius 3 is 2.22 bits per heavy atom. The normalized spacial score (nSPS) is 15.0. The van der Waals surface area contributed by atoms with Gasteiger partial charge in [0.05, 0.1) is 4.90 Å². The third-order valence-corrected chi connectivity index (χ3v) is 6.24. The van der Waals surface area contributed by atoms with Crippen LogP contribution in [0.5, 0.6) is 0 Å². The van der Waals surface area contributed by atoms with Crippen LogP contribution >= 0.6 is 11.6 Å². The highest BCUT2D eigenvalue weighted by molar-refractivity contribution is 7.89. The van der Waals surface area contributed by atoms with Gasteiger partial charge in [-0.3, -0.25) is 4.79 Å². The molecule has 1 N–H and O–H groups in total. The standard InChI is InChI=1S/C19H22ClN3O3S/c20-16-6-8-18(9-7-16)27(25,26)21-11-10-19(24)23-14-12-22(13-15-23)17-4-2-1-3-5-17/h1-9,21H,10-15H2. The van der Waals surface area contributed by atoms with Gasteiger partial charge in [-0.05, 0) is 36.4 Å². The Balaban J connectivity index is 1.45. The topological polar surface area (TPSA) is 69.7 Å². The van der Waals surface area contributed by atoms with E-state index in [2.05, 4.69) is 21.8 Å². The SMILES string of the molecule is O=C(CCNS(=O)(=O)c1ccc(Cl)cc1)N1CCN(c2ccccc2)CC1. The number of hydrogen-bond acceptors (Lipinski definition) is 4. The van der Waals surface area contributed by atoms with Gasteiger partial charge in [0, 0.05) is 49.9 Å². The Kier molecular flexibility index (Phi) is 6.36. The molecular formula is C19H22ClN3O3S. The van der Waals surface area contributed by atoms with E-state index in [0.29, 0.717) is 18.1 Å². The molecule has 0 aliphatic carbocycles. The van der Waals surface area contributed by atoms with Crippen LogP contribution in [-0.2, 0) is 14.8 Å². The maximum Gasteiger partial charge on any atom is 0.240 e. The molecule has 0 bridgehead atoms. The van der Waals surface area contributed by atoms with Crippen LogP contribution in [0.3, 0.4) is 0 Å². The molecule has 6 nitrogen and oxygen atoms in total. The van der Waals surface area contributed by atoms with Gasteiger partial charge < -0.3 is 9.80 Å². The van der Waals surface area contributed by atoms with E-state index >= 15 is 0 Å². The zero-order valence-electron chi connectivity index (χ0n) is 14.8. The highest BCUT2D eigenvalue weighted by atomic mass is 35.5. The number of nitrogens with one attached hydrogen (secondary N) is 1. The van der Waals surface area contributed by atoms with Crippen molar-refractivity contribution in [3.8, 4) is 0 Å². The summed E-state index contributed by atoms with van der Waals surface area (Å²) >= 11 is 5.77. The molecule has 0 spiro atoms. The Hall–Kier alpha value is -2.09. The lowest BCUT2D eigenvalue weighted by Crippen LogP contribution is -2.49. The second kappa shape index (κ2) is 8.73. The van der Waals surface area contributed by atoms with Crippen molar-refractivity contribution in [2.24, 2.45) is 0 Å². The van der Waals surface area contributed by atoms with Crippen LogP contribution in [0.25, 0.3) is 0 Å². The fourth-order valence-electron chi connectivity index (χ4n) is 3.00. The van der Waals surface area contributed by atoms with E-state index in [1.165, 1.54) is 24.3 Å². The predicted molar refractivity (Wildman–Crippen MR) is 106 cm³/mol. The van der Waals surface area contributed by atoms with Crippen molar-refractivity contribution in [1.29, 1.82) is 0 Å². The Bertz CT molecular complexity index is 865.